The van der Waals surface area contributed by atoms with Crippen LogP contribution in [0, 0.1) is 0 Å². The molecule has 0 aromatic heterocycles. The van der Waals surface area contributed by atoms with E-state index in [0.717, 1.165) is 64.2 Å². The Hall–Kier alpha value is -2.11. The second-order valence-corrected chi connectivity index (χ2v) is 23.1. The largest absolute Gasteiger partial charge is 0.462 e. The Balaban J connectivity index is 4.31. The van der Waals surface area contributed by atoms with Crippen LogP contribution in [0.2, 0.25) is 0 Å². The van der Waals surface area contributed by atoms with Crippen molar-refractivity contribution in [3.8, 4) is 0 Å². The Kier molecular flexibility index (Phi) is 62.6. The fourth-order valence-electron chi connectivity index (χ4n) is 10.4. The zero-order valence-corrected chi connectivity index (χ0v) is 50.8. The zero-order valence-electron chi connectivity index (χ0n) is 50.8. The molecule has 0 amide bonds. The highest BCUT2D eigenvalue weighted by Crippen LogP contribution is 2.18. The molecule has 6 heteroatoms. The molecule has 0 aromatic rings. The molecule has 1 atom stereocenters. The maximum absolute atomic E-state index is 12.9. The highest BCUT2D eigenvalue weighted by Gasteiger charge is 2.19. The van der Waals surface area contributed by atoms with Gasteiger partial charge in [-0.3, -0.25) is 14.4 Å². The van der Waals surface area contributed by atoms with Crippen molar-refractivity contribution in [1.29, 1.82) is 0 Å². The maximum atomic E-state index is 12.9. The van der Waals surface area contributed by atoms with Gasteiger partial charge in [-0.2, -0.15) is 0 Å². The van der Waals surface area contributed by atoms with Crippen LogP contribution in [-0.4, -0.2) is 37.2 Å². The quantitative estimate of drug-likeness (QED) is 0.0261. The second-order valence-electron chi connectivity index (χ2n) is 23.1. The van der Waals surface area contributed by atoms with Crippen LogP contribution in [0.3, 0.4) is 0 Å². The third-order valence-electron chi connectivity index (χ3n) is 15.5. The number of carbonyl (C=O) groups excluding carboxylic acids is 3. The van der Waals surface area contributed by atoms with Gasteiger partial charge < -0.3 is 14.2 Å². The molecular formula is C69H130O6. The molecular weight excluding hydrogens is 925 g/mol. The lowest BCUT2D eigenvalue weighted by Crippen LogP contribution is -2.30. The number of rotatable bonds is 63. The lowest BCUT2D eigenvalue weighted by atomic mass is 10.0. The van der Waals surface area contributed by atoms with E-state index < -0.39 is 6.10 Å². The van der Waals surface area contributed by atoms with Crippen LogP contribution < -0.4 is 0 Å². The summed E-state index contributed by atoms with van der Waals surface area (Å²) in [5, 5.41) is 0. The van der Waals surface area contributed by atoms with Gasteiger partial charge in [-0.15, -0.1) is 0 Å². The van der Waals surface area contributed by atoms with Crippen molar-refractivity contribution < 1.29 is 28.6 Å². The van der Waals surface area contributed by atoms with Gasteiger partial charge in [-0.1, -0.05) is 334 Å². The van der Waals surface area contributed by atoms with Gasteiger partial charge in [0.05, 0.1) is 0 Å². The third-order valence-corrected chi connectivity index (χ3v) is 15.5. The molecule has 0 aliphatic carbocycles. The minimum atomic E-state index is -0.769. The lowest BCUT2D eigenvalue weighted by molar-refractivity contribution is -0.167. The highest BCUT2D eigenvalue weighted by molar-refractivity contribution is 5.71. The molecule has 442 valence electrons. The van der Waals surface area contributed by atoms with E-state index in [1.54, 1.807) is 0 Å². The topological polar surface area (TPSA) is 78.9 Å². The van der Waals surface area contributed by atoms with Crippen LogP contribution >= 0.6 is 0 Å². The molecule has 75 heavy (non-hydrogen) atoms. The molecule has 6 nitrogen and oxygen atoms in total. The molecule has 0 fully saturated rings. The first-order valence-corrected chi connectivity index (χ1v) is 33.8. The molecule has 0 N–H and O–H groups in total. The highest BCUT2D eigenvalue weighted by atomic mass is 16.6. The first-order chi connectivity index (χ1) is 37.0. The summed E-state index contributed by atoms with van der Waals surface area (Å²) in [5.41, 5.74) is 0. The predicted octanol–water partition coefficient (Wildman–Crippen LogP) is 23.0. The normalized spacial score (nSPS) is 12.1. The van der Waals surface area contributed by atoms with Crippen molar-refractivity contribution in [2.75, 3.05) is 13.2 Å². The third kappa shape index (κ3) is 62.6. The number of unbranched alkanes of at least 4 members (excludes halogenated alkanes) is 48. The summed E-state index contributed by atoms with van der Waals surface area (Å²) in [6.45, 7) is 6.70. The van der Waals surface area contributed by atoms with Crippen LogP contribution in [0.1, 0.15) is 380 Å². The number of hydrogen-bond donors (Lipinski definition) is 0. The van der Waals surface area contributed by atoms with Gasteiger partial charge in [0.1, 0.15) is 13.2 Å². The number of esters is 3. The molecule has 0 rings (SSSR count). The first-order valence-electron chi connectivity index (χ1n) is 33.8. The van der Waals surface area contributed by atoms with Gasteiger partial charge in [-0.05, 0) is 51.4 Å². The van der Waals surface area contributed by atoms with E-state index >= 15 is 0 Å². The maximum Gasteiger partial charge on any atom is 0.306 e. The molecule has 0 aliphatic heterocycles. The predicted molar refractivity (Wildman–Crippen MR) is 326 cm³/mol. The summed E-state index contributed by atoms with van der Waals surface area (Å²) < 4.78 is 17.0. The Morgan fingerprint density at radius 3 is 0.760 bits per heavy atom. The van der Waals surface area contributed by atoms with Crippen LogP contribution in [0.5, 0.6) is 0 Å². The summed E-state index contributed by atoms with van der Waals surface area (Å²) in [6, 6.07) is 0. The van der Waals surface area contributed by atoms with E-state index in [2.05, 4.69) is 45.1 Å². The van der Waals surface area contributed by atoms with E-state index in [1.807, 2.05) is 0 Å². The lowest BCUT2D eigenvalue weighted by Gasteiger charge is -2.18. The summed E-state index contributed by atoms with van der Waals surface area (Å²) in [4.78, 5) is 38.4. The second kappa shape index (κ2) is 64.4. The van der Waals surface area contributed by atoms with Gasteiger partial charge in [0.25, 0.3) is 0 Å². The van der Waals surface area contributed by atoms with Crippen LogP contribution in [0.4, 0.5) is 0 Å². The van der Waals surface area contributed by atoms with Crippen molar-refractivity contribution in [2.45, 2.75) is 386 Å². The number of allylic oxidation sites excluding steroid dienone is 4. The molecule has 0 saturated carbocycles. The number of carbonyl (C=O) groups is 3. The minimum Gasteiger partial charge on any atom is -0.462 e. The van der Waals surface area contributed by atoms with E-state index in [4.69, 9.17) is 14.2 Å². The van der Waals surface area contributed by atoms with Gasteiger partial charge in [0, 0.05) is 19.3 Å². The van der Waals surface area contributed by atoms with Crippen molar-refractivity contribution in [1.82, 2.24) is 0 Å². The summed E-state index contributed by atoms with van der Waals surface area (Å²) in [7, 11) is 0. The Morgan fingerprint density at radius 1 is 0.267 bits per heavy atom. The zero-order chi connectivity index (χ0) is 54.3. The van der Waals surface area contributed by atoms with Crippen LogP contribution in [0.25, 0.3) is 0 Å². The molecule has 0 spiro atoms. The summed E-state index contributed by atoms with van der Waals surface area (Å²) in [6.07, 6.45) is 77.6. The monoisotopic (exact) mass is 1050 g/mol. The molecule has 0 bridgehead atoms. The molecule has 0 aromatic carbocycles. The Labute approximate surface area is 468 Å². The Bertz CT molecular complexity index is 1210. The minimum absolute atomic E-state index is 0.0657. The van der Waals surface area contributed by atoms with Gasteiger partial charge in [0.15, 0.2) is 6.10 Å². The Morgan fingerprint density at radius 2 is 0.480 bits per heavy atom. The van der Waals surface area contributed by atoms with E-state index in [0.29, 0.717) is 19.3 Å². The molecule has 0 radical (unpaired) electrons. The van der Waals surface area contributed by atoms with Crippen LogP contribution in [-0.2, 0) is 28.6 Å². The van der Waals surface area contributed by atoms with Gasteiger partial charge in [-0.25, -0.2) is 0 Å². The number of ether oxygens (including phenoxy) is 3. The van der Waals surface area contributed by atoms with Gasteiger partial charge in [0.2, 0.25) is 0 Å². The number of hydrogen-bond acceptors (Lipinski definition) is 6. The molecule has 0 saturated heterocycles. The molecule has 0 heterocycles. The van der Waals surface area contributed by atoms with Crippen molar-refractivity contribution in [3.05, 3.63) is 24.3 Å². The average Bonchev–Trinajstić information content (AvgIpc) is 3.41. The van der Waals surface area contributed by atoms with E-state index in [9.17, 15) is 14.4 Å². The summed E-state index contributed by atoms with van der Waals surface area (Å²) in [5.74, 6) is -0.837. The van der Waals surface area contributed by atoms with E-state index in [-0.39, 0.29) is 31.1 Å². The van der Waals surface area contributed by atoms with Crippen molar-refractivity contribution in [3.63, 3.8) is 0 Å². The SMILES string of the molecule is CCCCC/C=C\C/C=C\CCCCCCCCCCCC(=O)OC[C@H](COC(=O)CCCCCCCCCCCCCCCCCCCCC)OC(=O)CCCCCCCCCCCCCCCCCCCCC. The van der Waals surface area contributed by atoms with Gasteiger partial charge >= 0.3 is 17.9 Å². The fraction of sp³-hybridized carbons (Fsp3) is 0.899. The average molecular weight is 1060 g/mol. The van der Waals surface area contributed by atoms with Crippen molar-refractivity contribution in [2.24, 2.45) is 0 Å². The van der Waals surface area contributed by atoms with Crippen molar-refractivity contribution >= 4 is 17.9 Å². The summed E-state index contributed by atoms with van der Waals surface area (Å²) >= 11 is 0. The molecule has 0 aliphatic rings. The first kappa shape index (κ1) is 72.9. The standard InChI is InChI=1S/C69H130O6/c1-4-7-10-13-16-19-22-25-28-31-34-37-40-43-46-49-52-55-58-61-67(70)73-64-66(75-69(72)63-60-57-54-51-48-45-42-39-36-33-30-27-24-21-18-15-12-9-6-3)65-74-68(71)62-59-56-53-50-47-44-41-38-35-32-29-26-23-20-17-14-11-8-5-2/h16,19,25,28,66H,4-15,17-18,20-24,26-27,29-65H2,1-3H3/b19-16-,28-25-/t66-/m1/s1. The van der Waals surface area contributed by atoms with E-state index in [1.165, 1.54) is 276 Å². The molecule has 0 unspecified atom stereocenters. The smallest absolute Gasteiger partial charge is 0.306 e. The van der Waals surface area contributed by atoms with Crippen LogP contribution in [0.15, 0.2) is 24.3 Å². The fourth-order valence-corrected chi connectivity index (χ4v) is 10.4.